The summed E-state index contributed by atoms with van der Waals surface area (Å²) in [5, 5.41) is 4.13. The topological polar surface area (TPSA) is 55.6 Å². The molecular weight excluding hydrogens is 388 g/mol. The Morgan fingerprint density at radius 1 is 1.06 bits per heavy atom. The average molecular weight is 417 g/mol. The Morgan fingerprint density at radius 2 is 1.84 bits per heavy atom. The molecule has 0 radical (unpaired) electrons. The van der Waals surface area contributed by atoms with E-state index in [0.29, 0.717) is 12.3 Å². The maximum absolute atomic E-state index is 13.3. The third-order valence-electron chi connectivity index (χ3n) is 6.65. The highest BCUT2D eigenvalue weighted by molar-refractivity contribution is 5.83. The van der Waals surface area contributed by atoms with Crippen LogP contribution in [0.25, 0.3) is 11.1 Å². The van der Waals surface area contributed by atoms with Gasteiger partial charge in [-0.1, -0.05) is 47.6 Å². The molecule has 2 aliphatic heterocycles. The summed E-state index contributed by atoms with van der Waals surface area (Å²) >= 11 is 0. The van der Waals surface area contributed by atoms with Gasteiger partial charge in [-0.15, -0.1) is 0 Å². The van der Waals surface area contributed by atoms with Crippen molar-refractivity contribution in [2.24, 2.45) is 5.92 Å². The molecule has 0 aliphatic carbocycles. The molecule has 2 aliphatic rings. The molecule has 0 saturated carbocycles. The summed E-state index contributed by atoms with van der Waals surface area (Å²) < 4.78 is 11.0. The summed E-state index contributed by atoms with van der Waals surface area (Å²) in [7, 11) is 0. The molecule has 0 bridgehead atoms. The van der Waals surface area contributed by atoms with Crippen LogP contribution in [0, 0.1) is 19.8 Å². The highest BCUT2D eigenvalue weighted by Gasteiger charge is 2.35. The van der Waals surface area contributed by atoms with Crippen LogP contribution >= 0.6 is 0 Å². The molecule has 3 aromatic rings. The fourth-order valence-corrected chi connectivity index (χ4v) is 5.05. The van der Waals surface area contributed by atoms with Gasteiger partial charge in [0.2, 0.25) is 5.91 Å². The Morgan fingerprint density at radius 3 is 2.55 bits per heavy atom. The van der Waals surface area contributed by atoms with Gasteiger partial charge in [-0.2, -0.15) is 0 Å². The highest BCUT2D eigenvalue weighted by atomic mass is 16.5. The van der Waals surface area contributed by atoms with E-state index in [1.807, 2.05) is 19.9 Å². The third-order valence-corrected chi connectivity index (χ3v) is 6.65. The number of benzene rings is 2. The summed E-state index contributed by atoms with van der Waals surface area (Å²) in [6.07, 6.45) is 2.47. The number of fused-ring (bicyclic) bond motifs is 1. The molecule has 0 spiro atoms. The molecule has 1 unspecified atom stereocenters. The molecule has 0 N–H and O–H groups in total. The fraction of sp³-hybridized carbons (Fsp3) is 0.385. The Labute approximate surface area is 183 Å². The summed E-state index contributed by atoms with van der Waals surface area (Å²) in [4.78, 5) is 15.4. The predicted molar refractivity (Wildman–Crippen MR) is 119 cm³/mol. The van der Waals surface area contributed by atoms with Crippen LogP contribution < -0.4 is 0 Å². The summed E-state index contributed by atoms with van der Waals surface area (Å²) in [5.41, 5.74) is 6.49. The van der Waals surface area contributed by atoms with E-state index in [1.165, 1.54) is 5.56 Å². The molecule has 5 rings (SSSR count). The number of carbonyl (C=O) groups is 1. The molecule has 1 saturated heterocycles. The molecule has 5 heteroatoms. The van der Waals surface area contributed by atoms with Crippen LogP contribution in [0.2, 0.25) is 0 Å². The predicted octanol–water partition coefficient (Wildman–Crippen LogP) is 4.86. The van der Waals surface area contributed by atoms with Crippen LogP contribution in [0.1, 0.15) is 47.0 Å². The summed E-state index contributed by atoms with van der Waals surface area (Å²) in [5.74, 6) is 1.51. The Balaban J connectivity index is 1.60. The molecule has 1 amide bonds. The molecule has 31 heavy (non-hydrogen) atoms. The van der Waals surface area contributed by atoms with Crippen molar-refractivity contribution in [3.8, 4) is 11.1 Å². The maximum atomic E-state index is 13.3. The lowest BCUT2D eigenvalue weighted by Crippen LogP contribution is -2.44. The van der Waals surface area contributed by atoms with Crippen molar-refractivity contribution in [2.45, 2.75) is 39.2 Å². The van der Waals surface area contributed by atoms with Crippen LogP contribution in [-0.4, -0.2) is 35.7 Å². The van der Waals surface area contributed by atoms with E-state index in [2.05, 4.69) is 52.5 Å². The lowest BCUT2D eigenvalue weighted by molar-refractivity contribution is -0.134. The standard InChI is InChI=1S/C26H28N2O3/c1-17-25(18(2)31-27-17)22-9-8-21-15-24(29)28(16-19-10-12-30-13-11-19)26(23(21)14-22)20-6-4-3-5-7-20/h3-9,14,19,26H,10-13,15-16H2,1-2H3. The zero-order valence-corrected chi connectivity index (χ0v) is 18.1. The molecule has 5 nitrogen and oxygen atoms in total. The highest BCUT2D eigenvalue weighted by Crippen LogP contribution is 2.40. The van der Waals surface area contributed by atoms with E-state index < -0.39 is 0 Å². The van der Waals surface area contributed by atoms with Crippen LogP contribution in [0.15, 0.2) is 53.1 Å². The van der Waals surface area contributed by atoms with Crippen LogP contribution in [0.4, 0.5) is 0 Å². The van der Waals surface area contributed by atoms with Gasteiger partial charge in [-0.25, -0.2) is 0 Å². The van der Waals surface area contributed by atoms with Gasteiger partial charge < -0.3 is 14.2 Å². The SMILES string of the molecule is Cc1noc(C)c1-c1ccc2c(c1)C(c1ccccc1)N(CC1CCOCC1)C(=O)C2. The van der Waals surface area contributed by atoms with Crippen molar-refractivity contribution < 1.29 is 14.1 Å². The second kappa shape index (κ2) is 8.31. The average Bonchev–Trinajstić information content (AvgIpc) is 3.13. The number of aromatic nitrogens is 1. The van der Waals surface area contributed by atoms with Gasteiger partial charge in [-0.05, 0) is 60.9 Å². The Bertz CT molecular complexity index is 1060. The first-order valence-electron chi connectivity index (χ1n) is 11.1. The number of hydrogen-bond donors (Lipinski definition) is 0. The van der Waals surface area contributed by atoms with E-state index in [9.17, 15) is 4.79 Å². The zero-order chi connectivity index (χ0) is 21.4. The van der Waals surface area contributed by atoms with Gasteiger partial charge in [0.1, 0.15) is 5.76 Å². The van der Waals surface area contributed by atoms with Crippen molar-refractivity contribution in [3.05, 3.63) is 76.7 Å². The third kappa shape index (κ3) is 3.79. The first-order chi connectivity index (χ1) is 15.1. The minimum absolute atomic E-state index is 0.0827. The zero-order valence-electron chi connectivity index (χ0n) is 18.1. The van der Waals surface area contributed by atoms with Crippen molar-refractivity contribution in [1.29, 1.82) is 0 Å². The Kier molecular flexibility index (Phi) is 5.36. The minimum atomic E-state index is -0.0827. The van der Waals surface area contributed by atoms with Crippen molar-refractivity contribution in [2.75, 3.05) is 19.8 Å². The number of nitrogens with zero attached hydrogens (tertiary/aromatic N) is 2. The first-order valence-corrected chi connectivity index (χ1v) is 11.1. The molecule has 3 heterocycles. The lowest BCUT2D eigenvalue weighted by Gasteiger charge is -2.40. The smallest absolute Gasteiger partial charge is 0.227 e. The van der Waals surface area contributed by atoms with Crippen LogP contribution in [0.5, 0.6) is 0 Å². The number of rotatable bonds is 4. The Hall–Kier alpha value is -2.92. The largest absolute Gasteiger partial charge is 0.381 e. The molecular formula is C26H28N2O3. The fourth-order valence-electron chi connectivity index (χ4n) is 5.05. The summed E-state index contributed by atoms with van der Waals surface area (Å²) in [6, 6.07) is 16.8. The second-order valence-electron chi connectivity index (χ2n) is 8.70. The van der Waals surface area contributed by atoms with E-state index in [4.69, 9.17) is 9.26 Å². The van der Waals surface area contributed by atoms with Crippen LogP contribution in [0.3, 0.4) is 0 Å². The minimum Gasteiger partial charge on any atom is -0.381 e. The van der Waals surface area contributed by atoms with E-state index in [-0.39, 0.29) is 11.9 Å². The quantitative estimate of drug-likeness (QED) is 0.610. The summed E-state index contributed by atoms with van der Waals surface area (Å²) in [6.45, 7) is 6.27. The number of amides is 1. The number of carbonyl (C=O) groups excluding carboxylic acids is 1. The molecule has 1 fully saturated rings. The molecule has 160 valence electrons. The molecule has 1 aromatic heterocycles. The van der Waals surface area contributed by atoms with E-state index in [1.54, 1.807) is 0 Å². The number of aryl methyl sites for hydroxylation is 2. The van der Waals surface area contributed by atoms with E-state index >= 15 is 0 Å². The molecule has 2 aromatic carbocycles. The van der Waals surface area contributed by atoms with Gasteiger partial charge in [-0.3, -0.25) is 4.79 Å². The van der Waals surface area contributed by atoms with Gasteiger partial charge in [0, 0.05) is 25.3 Å². The normalized spacial score (nSPS) is 19.5. The van der Waals surface area contributed by atoms with Crippen molar-refractivity contribution in [1.82, 2.24) is 10.1 Å². The van der Waals surface area contributed by atoms with Gasteiger partial charge in [0.15, 0.2) is 0 Å². The van der Waals surface area contributed by atoms with Crippen molar-refractivity contribution in [3.63, 3.8) is 0 Å². The first kappa shape index (κ1) is 20.0. The second-order valence-corrected chi connectivity index (χ2v) is 8.70. The molecule has 1 atom stereocenters. The van der Waals surface area contributed by atoms with Gasteiger partial charge in [0.25, 0.3) is 0 Å². The maximum Gasteiger partial charge on any atom is 0.227 e. The van der Waals surface area contributed by atoms with Crippen LogP contribution in [-0.2, 0) is 16.0 Å². The number of hydrogen-bond acceptors (Lipinski definition) is 4. The van der Waals surface area contributed by atoms with Gasteiger partial charge >= 0.3 is 0 Å². The van der Waals surface area contributed by atoms with Crippen molar-refractivity contribution >= 4 is 5.91 Å². The number of ether oxygens (including phenoxy) is 1. The monoisotopic (exact) mass is 416 g/mol. The van der Waals surface area contributed by atoms with Gasteiger partial charge in [0.05, 0.1) is 18.2 Å². The lowest BCUT2D eigenvalue weighted by atomic mass is 9.84. The van der Waals surface area contributed by atoms with E-state index in [0.717, 1.165) is 66.3 Å².